The second-order valence-electron chi connectivity index (χ2n) is 10.1. The van der Waals surface area contributed by atoms with Gasteiger partial charge in [-0.05, 0) is 59.1 Å². The van der Waals surface area contributed by atoms with Crippen LogP contribution in [0.5, 0.6) is 11.5 Å². The monoisotopic (exact) mass is 490 g/mol. The number of allylic oxidation sites excluding steroid dienone is 2. The van der Waals surface area contributed by atoms with Crippen LogP contribution in [-0.4, -0.2) is 11.7 Å². The van der Waals surface area contributed by atoms with Crippen LogP contribution in [0.25, 0.3) is 11.1 Å². The van der Waals surface area contributed by atoms with Gasteiger partial charge in [0.1, 0.15) is 24.7 Å². The SMILES string of the molecule is CC1(CO)CCC(c2ccccc2OCc2ccccc2)=C(c2ccccc2OCc2ccccc2)C1. The van der Waals surface area contributed by atoms with Crippen LogP contribution in [0.4, 0.5) is 0 Å². The van der Waals surface area contributed by atoms with Crippen molar-refractivity contribution in [3.8, 4) is 11.5 Å². The van der Waals surface area contributed by atoms with Gasteiger partial charge >= 0.3 is 0 Å². The summed E-state index contributed by atoms with van der Waals surface area (Å²) in [6, 6.07) is 37.1. The molecule has 1 aliphatic carbocycles. The Kier molecular flexibility index (Phi) is 7.72. The Bertz CT molecular complexity index is 1340. The number of aliphatic hydroxyl groups excluding tert-OH is 1. The number of hydrogen-bond donors (Lipinski definition) is 1. The first-order valence-corrected chi connectivity index (χ1v) is 13.0. The highest BCUT2D eigenvalue weighted by Gasteiger charge is 2.33. The van der Waals surface area contributed by atoms with Gasteiger partial charge in [0, 0.05) is 17.7 Å². The Morgan fingerprint density at radius 1 is 0.622 bits per heavy atom. The molecule has 0 aliphatic heterocycles. The number of rotatable bonds is 9. The van der Waals surface area contributed by atoms with Gasteiger partial charge in [-0.25, -0.2) is 0 Å². The average molecular weight is 491 g/mol. The molecule has 188 valence electrons. The predicted octanol–water partition coefficient (Wildman–Crippen LogP) is 7.94. The van der Waals surface area contributed by atoms with Crippen LogP contribution >= 0.6 is 0 Å². The first kappa shape index (κ1) is 24.9. The Morgan fingerprint density at radius 2 is 1.08 bits per heavy atom. The maximum Gasteiger partial charge on any atom is 0.127 e. The minimum Gasteiger partial charge on any atom is -0.488 e. The van der Waals surface area contributed by atoms with Crippen LogP contribution in [-0.2, 0) is 13.2 Å². The van der Waals surface area contributed by atoms with Gasteiger partial charge < -0.3 is 14.6 Å². The predicted molar refractivity (Wildman–Crippen MR) is 150 cm³/mol. The van der Waals surface area contributed by atoms with Gasteiger partial charge in [0.05, 0.1) is 0 Å². The van der Waals surface area contributed by atoms with Crippen LogP contribution in [0, 0.1) is 5.41 Å². The smallest absolute Gasteiger partial charge is 0.127 e. The van der Waals surface area contributed by atoms with E-state index in [4.69, 9.17) is 9.47 Å². The Morgan fingerprint density at radius 3 is 1.59 bits per heavy atom. The normalized spacial score (nSPS) is 17.5. The molecule has 0 radical (unpaired) electrons. The largest absolute Gasteiger partial charge is 0.488 e. The van der Waals surface area contributed by atoms with Crippen LogP contribution in [0.1, 0.15) is 48.4 Å². The quantitative estimate of drug-likeness (QED) is 0.259. The molecule has 5 rings (SSSR count). The molecule has 1 unspecified atom stereocenters. The van der Waals surface area contributed by atoms with Crippen LogP contribution < -0.4 is 9.47 Å². The highest BCUT2D eigenvalue weighted by molar-refractivity contribution is 5.95. The summed E-state index contributed by atoms with van der Waals surface area (Å²) in [5, 5.41) is 10.3. The second-order valence-corrected chi connectivity index (χ2v) is 10.1. The first-order valence-electron chi connectivity index (χ1n) is 13.0. The van der Waals surface area contributed by atoms with E-state index in [1.165, 1.54) is 11.1 Å². The molecule has 3 heteroatoms. The molecular weight excluding hydrogens is 456 g/mol. The topological polar surface area (TPSA) is 38.7 Å². The standard InChI is InChI=1S/C34H34O3/c1-34(25-35)21-20-28(29-16-8-10-18-32(29)36-23-26-12-4-2-5-13-26)31(22-34)30-17-9-11-19-33(30)37-24-27-14-6-3-7-15-27/h2-19,35H,20-25H2,1H3. The highest BCUT2D eigenvalue weighted by Crippen LogP contribution is 2.49. The van der Waals surface area contributed by atoms with E-state index >= 15 is 0 Å². The number of hydrogen-bond acceptors (Lipinski definition) is 3. The fraction of sp³-hybridized carbons (Fsp3) is 0.235. The lowest BCUT2D eigenvalue weighted by Crippen LogP contribution is -2.25. The number of benzene rings is 4. The minimum atomic E-state index is -0.175. The summed E-state index contributed by atoms with van der Waals surface area (Å²) in [6.45, 7) is 3.36. The first-order chi connectivity index (χ1) is 18.1. The minimum absolute atomic E-state index is 0.156. The molecule has 0 spiro atoms. The summed E-state index contributed by atoms with van der Waals surface area (Å²) in [6.07, 6.45) is 2.56. The summed E-state index contributed by atoms with van der Waals surface area (Å²) in [4.78, 5) is 0. The van der Waals surface area contributed by atoms with Crippen LogP contribution in [0.15, 0.2) is 109 Å². The van der Waals surface area contributed by atoms with Gasteiger partial charge in [0.25, 0.3) is 0 Å². The molecule has 4 aromatic carbocycles. The van der Waals surface area contributed by atoms with Crippen molar-refractivity contribution in [2.75, 3.05) is 6.61 Å². The fourth-order valence-electron chi connectivity index (χ4n) is 5.04. The molecule has 1 atom stereocenters. The van der Waals surface area contributed by atoms with Crippen molar-refractivity contribution in [3.63, 3.8) is 0 Å². The van der Waals surface area contributed by atoms with E-state index in [-0.39, 0.29) is 12.0 Å². The zero-order valence-electron chi connectivity index (χ0n) is 21.4. The lowest BCUT2D eigenvalue weighted by atomic mass is 9.70. The molecular formula is C34H34O3. The van der Waals surface area contributed by atoms with E-state index < -0.39 is 0 Å². The molecule has 0 saturated carbocycles. The van der Waals surface area contributed by atoms with E-state index in [2.05, 4.69) is 61.5 Å². The van der Waals surface area contributed by atoms with Crippen molar-refractivity contribution in [3.05, 3.63) is 131 Å². The fourth-order valence-corrected chi connectivity index (χ4v) is 5.04. The third-order valence-corrected chi connectivity index (χ3v) is 7.23. The molecule has 37 heavy (non-hydrogen) atoms. The molecule has 3 nitrogen and oxygen atoms in total. The number of ether oxygens (including phenoxy) is 2. The Balaban J connectivity index is 1.53. The van der Waals surface area contributed by atoms with Gasteiger partial charge in [-0.1, -0.05) is 104 Å². The lowest BCUT2D eigenvalue weighted by Gasteiger charge is -2.36. The number of aliphatic hydroxyl groups is 1. The lowest BCUT2D eigenvalue weighted by molar-refractivity contribution is 0.136. The van der Waals surface area contributed by atoms with Crippen molar-refractivity contribution < 1.29 is 14.6 Å². The maximum atomic E-state index is 10.3. The van der Waals surface area contributed by atoms with Gasteiger partial charge in [0.15, 0.2) is 0 Å². The Hall–Kier alpha value is -3.82. The van der Waals surface area contributed by atoms with Crippen molar-refractivity contribution in [1.82, 2.24) is 0 Å². The van der Waals surface area contributed by atoms with Gasteiger partial charge in [-0.15, -0.1) is 0 Å². The molecule has 0 heterocycles. The third kappa shape index (κ3) is 5.95. The molecule has 0 saturated heterocycles. The van der Waals surface area contributed by atoms with Crippen LogP contribution in [0.3, 0.4) is 0 Å². The summed E-state index contributed by atoms with van der Waals surface area (Å²) in [7, 11) is 0. The third-order valence-electron chi connectivity index (χ3n) is 7.23. The zero-order valence-corrected chi connectivity index (χ0v) is 21.4. The Labute approximate surface area is 220 Å². The van der Waals surface area contributed by atoms with Crippen molar-refractivity contribution in [2.45, 2.75) is 39.4 Å². The van der Waals surface area contributed by atoms with E-state index in [0.717, 1.165) is 53.0 Å². The molecule has 0 amide bonds. The van der Waals surface area contributed by atoms with Crippen molar-refractivity contribution in [1.29, 1.82) is 0 Å². The van der Waals surface area contributed by atoms with E-state index in [1.54, 1.807) is 0 Å². The molecule has 0 fully saturated rings. The molecule has 4 aromatic rings. The van der Waals surface area contributed by atoms with Crippen LogP contribution in [0.2, 0.25) is 0 Å². The maximum absolute atomic E-state index is 10.3. The number of para-hydroxylation sites is 2. The molecule has 0 bridgehead atoms. The molecule has 1 aliphatic rings. The van der Waals surface area contributed by atoms with Crippen molar-refractivity contribution in [2.24, 2.45) is 5.41 Å². The van der Waals surface area contributed by atoms with Gasteiger partial charge in [-0.2, -0.15) is 0 Å². The van der Waals surface area contributed by atoms with Crippen molar-refractivity contribution >= 4 is 11.1 Å². The van der Waals surface area contributed by atoms with Gasteiger partial charge in [0.2, 0.25) is 0 Å². The van der Waals surface area contributed by atoms with Gasteiger partial charge in [-0.3, -0.25) is 0 Å². The zero-order chi connectivity index (χ0) is 25.5. The second kappa shape index (κ2) is 11.5. The summed E-state index contributed by atoms with van der Waals surface area (Å²) >= 11 is 0. The summed E-state index contributed by atoms with van der Waals surface area (Å²) in [5.74, 6) is 1.75. The van der Waals surface area contributed by atoms with E-state index in [1.807, 2.05) is 54.6 Å². The highest BCUT2D eigenvalue weighted by atomic mass is 16.5. The van der Waals surface area contributed by atoms with E-state index in [0.29, 0.717) is 13.2 Å². The van der Waals surface area contributed by atoms with E-state index in [9.17, 15) is 5.11 Å². The molecule has 0 aromatic heterocycles. The molecule has 1 N–H and O–H groups in total. The average Bonchev–Trinajstić information content (AvgIpc) is 2.96. The summed E-state index contributed by atoms with van der Waals surface area (Å²) in [5.41, 5.74) is 6.80. The summed E-state index contributed by atoms with van der Waals surface area (Å²) < 4.78 is 12.7.